The molecule has 0 saturated carbocycles. The van der Waals surface area contributed by atoms with Crippen molar-refractivity contribution in [1.29, 1.82) is 0 Å². The van der Waals surface area contributed by atoms with Crippen LogP contribution in [0.15, 0.2) is 17.2 Å². The molecule has 1 heterocycles. The number of nitrogens with one attached hydrogen (secondary N) is 1. The van der Waals surface area contributed by atoms with Gasteiger partial charge in [-0.25, -0.2) is 10.4 Å². The molecule has 0 aliphatic heterocycles. The number of amides is 1. The molecule has 0 fully saturated rings. The molecule has 0 atom stereocenters. The third-order valence-corrected chi connectivity index (χ3v) is 5.13. The molecule has 2 aromatic rings. The average molecular weight is 389 g/mol. The zero-order valence-corrected chi connectivity index (χ0v) is 17.8. The second-order valence-electron chi connectivity index (χ2n) is 8.63. The number of benzene rings is 1. The normalized spacial score (nSPS) is 12.6. The Bertz CT molecular complexity index is 851. The van der Waals surface area contributed by atoms with E-state index in [4.69, 9.17) is 5.73 Å². The first-order chi connectivity index (χ1) is 12.3. The topological polar surface area (TPSA) is 101 Å². The van der Waals surface area contributed by atoms with Gasteiger partial charge in [-0.15, -0.1) is 0 Å². The average Bonchev–Trinajstić information content (AvgIpc) is 2.85. The minimum absolute atomic E-state index is 0.228. The van der Waals surface area contributed by atoms with Crippen molar-refractivity contribution in [3.8, 4) is 5.75 Å². The fraction of sp³-hybridized carbons (Fsp3) is 0.450. The Kier molecular flexibility index (Phi) is 5.65. The fourth-order valence-electron chi connectivity index (χ4n) is 2.72. The van der Waals surface area contributed by atoms with E-state index in [-0.39, 0.29) is 16.7 Å². The van der Waals surface area contributed by atoms with E-state index in [0.717, 1.165) is 28.0 Å². The van der Waals surface area contributed by atoms with Crippen molar-refractivity contribution in [1.82, 2.24) is 10.4 Å². The van der Waals surface area contributed by atoms with Gasteiger partial charge in [0.05, 0.1) is 11.9 Å². The van der Waals surface area contributed by atoms with Gasteiger partial charge in [-0.2, -0.15) is 5.10 Å². The molecule has 0 spiro atoms. The molecule has 7 heteroatoms. The second-order valence-corrected chi connectivity index (χ2v) is 9.66. The van der Waals surface area contributed by atoms with Crippen LogP contribution in [0.2, 0.25) is 0 Å². The second kappa shape index (κ2) is 7.31. The Morgan fingerprint density at radius 3 is 2.11 bits per heavy atom. The lowest BCUT2D eigenvalue weighted by molar-refractivity contribution is 0.0958. The van der Waals surface area contributed by atoms with E-state index in [1.807, 2.05) is 53.7 Å². The quantitative estimate of drug-likeness (QED) is 0.544. The van der Waals surface area contributed by atoms with Crippen LogP contribution in [0.4, 0.5) is 5.13 Å². The lowest BCUT2D eigenvalue weighted by atomic mass is 9.78. The molecule has 146 valence electrons. The summed E-state index contributed by atoms with van der Waals surface area (Å²) >= 11 is 1.13. The minimum atomic E-state index is -0.344. The number of carbonyl (C=O) groups is 1. The summed E-state index contributed by atoms with van der Waals surface area (Å²) in [6.45, 7) is 14.0. The number of hydrogen-bond acceptors (Lipinski definition) is 6. The van der Waals surface area contributed by atoms with Crippen molar-refractivity contribution in [3.63, 3.8) is 0 Å². The highest BCUT2D eigenvalue weighted by Crippen LogP contribution is 2.39. The maximum Gasteiger partial charge on any atom is 0.283 e. The van der Waals surface area contributed by atoms with Crippen LogP contribution in [0.5, 0.6) is 5.75 Å². The maximum atomic E-state index is 12.2. The van der Waals surface area contributed by atoms with Gasteiger partial charge in [0.1, 0.15) is 10.6 Å². The number of nitrogens with zero attached hydrogens (tertiary/aromatic N) is 2. The number of hydrazone groups is 1. The number of anilines is 1. The highest BCUT2D eigenvalue weighted by atomic mass is 32.1. The molecular formula is C20H28N4O2S. The number of rotatable bonds is 3. The lowest BCUT2D eigenvalue weighted by Crippen LogP contribution is -2.19. The van der Waals surface area contributed by atoms with Crippen molar-refractivity contribution in [3.05, 3.63) is 39.4 Å². The number of nitrogens with two attached hydrogens (primary N) is 1. The van der Waals surface area contributed by atoms with E-state index in [1.54, 1.807) is 13.1 Å². The summed E-state index contributed by atoms with van der Waals surface area (Å²) in [7, 11) is 0. The van der Waals surface area contributed by atoms with Crippen LogP contribution in [0, 0.1) is 6.92 Å². The van der Waals surface area contributed by atoms with Crippen LogP contribution in [0.1, 0.15) is 73.6 Å². The Morgan fingerprint density at radius 1 is 1.19 bits per heavy atom. The predicted octanol–water partition coefficient (Wildman–Crippen LogP) is 4.10. The molecule has 2 rings (SSSR count). The molecule has 1 aromatic heterocycles. The van der Waals surface area contributed by atoms with Gasteiger partial charge >= 0.3 is 0 Å². The van der Waals surface area contributed by atoms with Gasteiger partial charge in [0.2, 0.25) is 0 Å². The smallest absolute Gasteiger partial charge is 0.283 e. The Morgan fingerprint density at radius 2 is 1.70 bits per heavy atom. The molecule has 1 aromatic carbocycles. The van der Waals surface area contributed by atoms with Crippen LogP contribution in [0.3, 0.4) is 0 Å². The number of nitrogen functional groups attached to an aromatic ring is 1. The number of carbonyl (C=O) groups excluding carboxylic acids is 1. The number of aromatic nitrogens is 1. The largest absolute Gasteiger partial charge is 0.507 e. The summed E-state index contributed by atoms with van der Waals surface area (Å²) in [5.41, 5.74) is 10.8. The Labute approximate surface area is 164 Å². The molecule has 4 N–H and O–H groups in total. The summed E-state index contributed by atoms with van der Waals surface area (Å²) < 4.78 is 0. The molecule has 0 saturated heterocycles. The molecule has 0 aliphatic rings. The van der Waals surface area contributed by atoms with Crippen molar-refractivity contribution >= 4 is 28.6 Å². The van der Waals surface area contributed by atoms with Crippen LogP contribution in [0.25, 0.3) is 0 Å². The third kappa shape index (κ3) is 4.86. The van der Waals surface area contributed by atoms with E-state index in [9.17, 15) is 9.90 Å². The summed E-state index contributed by atoms with van der Waals surface area (Å²) in [6, 6.07) is 3.80. The van der Waals surface area contributed by atoms with E-state index < -0.39 is 0 Å². The van der Waals surface area contributed by atoms with E-state index in [2.05, 4.69) is 15.5 Å². The molecule has 1 amide bonds. The van der Waals surface area contributed by atoms with Crippen LogP contribution in [-0.4, -0.2) is 22.2 Å². The van der Waals surface area contributed by atoms with Crippen molar-refractivity contribution < 1.29 is 9.90 Å². The highest BCUT2D eigenvalue weighted by molar-refractivity contribution is 7.17. The number of hydrogen-bond donors (Lipinski definition) is 3. The minimum Gasteiger partial charge on any atom is -0.507 e. The molecular weight excluding hydrogens is 360 g/mol. The maximum absolute atomic E-state index is 12.2. The number of aryl methyl sites for hydroxylation is 1. The van der Waals surface area contributed by atoms with E-state index >= 15 is 0 Å². The monoisotopic (exact) mass is 388 g/mol. The summed E-state index contributed by atoms with van der Waals surface area (Å²) in [5, 5.41) is 15.2. The van der Waals surface area contributed by atoms with E-state index in [0.29, 0.717) is 21.5 Å². The summed E-state index contributed by atoms with van der Waals surface area (Å²) in [6.07, 6.45) is 1.58. The third-order valence-electron chi connectivity index (χ3n) is 4.15. The lowest BCUT2D eigenvalue weighted by Gasteiger charge is -2.27. The first kappa shape index (κ1) is 20.9. The SMILES string of the molecule is Cc1nc(N)sc1C(=O)N/N=C\c1cc(C(C)(C)C)c(O)c(C(C)(C)C)c1. The number of thiazole rings is 1. The first-order valence-corrected chi connectivity index (χ1v) is 9.56. The van der Waals surface area contributed by atoms with Crippen LogP contribution < -0.4 is 11.2 Å². The molecule has 27 heavy (non-hydrogen) atoms. The van der Waals surface area contributed by atoms with Crippen molar-refractivity contribution in [2.45, 2.75) is 59.3 Å². The van der Waals surface area contributed by atoms with Crippen LogP contribution in [-0.2, 0) is 10.8 Å². The number of phenols is 1. The van der Waals surface area contributed by atoms with Gasteiger partial charge in [0.15, 0.2) is 5.13 Å². The van der Waals surface area contributed by atoms with Gasteiger partial charge in [-0.3, -0.25) is 4.79 Å². The van der Waals surface area contributed by atoms with Crippen molar-refractivity contribution in [2.75, 3.05) is 5.73 Å². The Hall–Kier alpha value is -2.41. The van der Waals surface area contributed by atoms with Crippen LogP contribution >= 0.6 is 11.3 Å². The molecule has 0 bridgehead atoms. The van der Waals surface area contributed by atoms with E-state index in [1.165, 1.54) is 0 Å². The molecule has 0 aliphatic carbocycles. The van der Waals surface area contributed by atoms with Gasteiger partial charge in [-0.1, -0.05) is 52.9 Å². The molecule has 0 radical (unpaired) electrons. The zero-order valence-electron chi connectivity index (χ0n) is 17.0. The zero-order chi connectivity index (χ0) is 20.6. The van der Waals surface area contributed by atoms with Gasteiger partial charge < -0.3 is 10.8 Å². The molecule has 0 unspecified atom stereocenters. The predicted molar refractivity (Wildman–Crippen MR) is 112 cm³/mol. The number of aromatic hydroxyl groups is 1. The summed E-state index contributed by atoms with van der Waals surface area (Å²) in [5.74, 6) is -0.0317. The van der Waals surface area contributed by atoms with Gasteiger partial charge in [0, 0.05) is 11.1 Å². The summed E-state index contributed by atoms with van der Waals surface area (Å²) in [4.78, 5) is 16.7. The van der Waals surface area contributed by atoms with Crippen molar-refractivity contribution in [2.24, 2.45) is 5.10 Å². The standard InChI is InChI=1S/C20H28N4O2S/c1-11-16(27-18(21)23-11)17(26)24-22-10-12-8-13(19(2,3)4)15(25)14(9-12)20(5,6)7/h8-10,25H,1-7H3,(H2,21,23)(H,24,26)/b22-10-. The van der Waals surface area contributed by atoms with Gasteiger partial charge in [0.25, 0.3) is 5.91 Å². The Balaban J connectivity index is 2.34. The fourth-order valence-corrected chi connectivity index (χ4v) is 3.44. The highest BCUT2D eigenvalue weighted by Gasteiger charge is 2.26. The first-order valence-electron chi connectivity index (χ1n) is 8.75. The van der Waals surface area contributed by atoms with Gasteiger partial charge in [-0.05, 0) is 35.4 Å². The molecule has 6 nitrogen and oxygen atoms in total. The number of phenolic OH excluding ortho intramolecular Hbond substituents is 1.